The van der Waals surface area contributed by atoms with Crippen LogP contribution in [0.1, 0.15) is 28.4 Å². The molecule has 11 heteroatoms. The van der Waals surface area contributed by atoms with E-state index in [1.165, 1.54) is 26.6 Å². The second-order valence-electron chi connectivity index (χ2n) is 7.13. The Kier molecular flexibility index (Phi) is 6.11. The number of methoxy groups -OCH3 is 2. The van der Waals surface area contributed by atoms with Crippen LogP contribution in [0.5, 0.6) is 11.8 Å². The van der Waals surface area contributed by atoms with E-state index in [2.05, 4.69) is 25.0 Å². The van der Waals surface area contributed by atoms with Gasteiger partial charge in [0.25, 0.3) is 5.95 Å². The second kappa shape index (κ2) is 9.30. The van der Waals surface area contributed by atoms with Crippen LogP contribution in [0.2, 0.25) is 0 Å². The van der Waals surface area contributed by atoms with Crippen molar-refractivity contribution in [3.63, 3.8) is 0 Å². The number of rotatable bonds is 8. The maximum Gasteiger partial charge on any atom is 0.350 e. The number of ether oxygens (including phenoxy) is 2. The molecule has 1 unspecified atom stereocenters. The van der Waals surface area contributed by atoms with Gasteiger partial charge in [0.05, 0.1) is 14.2 Å². The van der Waals surface area contributed by atoms with Gasteiger partial charge >= 0.3 is 5.69 Å². The lowest BCUT2D eigenvalue weighted by molar-refractivity contribution is 0.363. The number of nitrogens with one attached hydrogen (secondary N) is 2. The number of hydrogen-bond donors (Lipinski definition) is 3. The first kappa shape index (κ1) is 21.7. The van der Waals surface area contributed by atoms with Crippen molar-refractivity contribution in [3.8, 4) is 17.7 Å². The van der Waals surface area contributed by atoms with E-state index in [0.29, 0.717) is 29.6 Å². The number of aromatic amines is 1. The van der Waals surface area contributed by atoms with Crippen molar-refractivity contribution >= 4 is 5.84 Å². The summed E-state index contributed by atoms with van der Waals surface area (Å²) < 4.78 is 11.8. The number of hydrogen-bond acceptors (Lipinski definition) is 8. The quantitative estimate of drug-likeness (QED) is 0.271. The average molecular weight is 446 g/mol. The van der Waals surface area contributed by atoms with Crippen LogP contribution in [0.25, 0.3) is 5.95 Å². The van der Waals surface area contributed by atoms with Crippen LogP contribution >= 0.6 is 0 Å². The van der Waals surface area contributed by atoms with E-state index in [0.717, 1.165) is 15.8 Å². The van der Waals surface area contributed by atoms with Crippen LogP contribution in [-0.2, 0) is 6.42 Å². The van der Waals surface area contributed by atoms with Crippen LogP contribution in [0.4, 0.5) is 0 Å². The minimum absolute atomic E-state index is 0.00681. The van der Waals surface area contributed by atoms with Crippen LogP contribution < -0.4 is 20.9 Å². The van der Waals surface area contributed by atoms with E-state index >= 15 is 0 Å². The molecule has 0 bridgehead atoms. The predicted octanol–water partition coefficient (Wildman–Crippen LogP) is 1.42. The SMILES string of the molecule is COc1cc(C(Cc2ccc(C(=N)N)cc2)c2nn(-c3ncccn3)c(=O)[nH]2)cc(OC)n1. The summed E-state index contributed by atoms with van der Waals surface area (Å²) in [5, 5.41) is 12.1. The largest absolute Gasteiger partial charge is 0.481 e. The zero-order valence-corrected chi connectivity index (χ0v) is 18.0. The van der Waals surface area contributed by atoms with E-state index in [-0.39, 0.29) is 17.7 Å². The maximum atomic E-state index is 12.7. The van der Waals surface area contributed by atoms with E-state index in [9.17, 15) is 4.79 Å². The molecule has 168 valence electrons. The maximum absolute atomic E-state index is 12.7. The highest BCUT2D eigenvalue weighted by Crippen LogP contribution is 2.30. The van der Waals surface area contributed by atoms with Gasteiger partial charge in [-0.05, 0) is 23.6 Å². The Morgan fingerprint density at radius 1 is 1.12 bits per heavy atom. The van der Waals surface area contributed by atoms with Crippen molar-refractivity contribution in [2.45, 2.75) is 12.3 Å². The highest BCUT2D eigenvalue weighted by molar-refractivity contribution is 5.94. The topological polar surface area (TPSA) is 158 Å². The fourth-order valence-electron chi connectivity index (χ4n) is 3.37. The Balaban J connectivity index is 1.80. The predicted molar refractivity (Wildman–Crippen MR) is 120 cm³/mol. The molecule has 0 fully saturated rings. The molecule has 1 atom stereocenters. The summed E-state index contributed by atoms with van der Waals surface area (Å²) in [4.78, 5) is 28.0. The van der Waals surface area contributed by atoms with Gasteiger partial charge in [0.2, 0.25) is 11.8 Å². The summed E-state index contributed by atoms with van der Waals surface area (Å²) >= 11 is 0. The van der Waals surface area contributed by atoms with Crippen molar-refractivity contribution in [2.24, 2.45) is 5.73 Å². The van der Waals surface area contributed by atoms with Gasteiger partial charge < -0.3 is 15.2 Å². The highest BCUT2D eigenvalue weighted by Gasteiger charge is 2.23. The van der Waals surface area contributed by atoms with Crippen LogP contribution in [0.3, 0.4) is 0 Å². The Hall–Kier alpha value is -4.54. The molecule has 0 spiro atoms. The molecule has 0 aliphatic rings. The molecule has 1 aromatic carbocycles. The molecule has 0 aliphatic heterocycles. The van der Waals surface area contributed by atoms with Gasteiger partial charge in [-0.15, -0.1) is 9.78 Å². The van der Waals surface area contributed by atoms with E-state index < -0.39 is 5.69 Å². The van der Waals surface area contributed by atoms with Gasteiger partial charge in [-0.3, -0.25) is 10.4 Å². The number of nitrogens with zero attached hydrogens (tertiary/aromatic N) is 5. The fourth-order valence-corrected chi connectivity index (χ4v) is 3.37. The Morgan fingerprint density at radius 3 is 2.33 bits per heavy atom. The minimum Gasteiger partial charge on any atom is -0.481 e. The van der Waals surface area contributed by atoms with E-state index in [1.807, 2.05) is 12.1 Å². The Bertz CT molecular complexity index is 1290. The molecule has 4 aromatic rings. The molecule has 0 radical (unpaired) electrons. The summed E-state index contributed by atoms with van der Waals surface area (Å²) in [7, 11) is 3.04. The summed E-state index contributed by atoms with van der Waals surface area (Å²) in [5.74, 6) is 0.936. The van der Waals surface area contributed by atoms with Crippen LogP contribution in [-0.4, -0.2) is 49.8 Å². The third-order valence-corrected chi connectivity index (χ3v) is 5.03. The van der Waals surface area contributed by atoms with Crippen molar-refractivity contribution in [1.29, 1.82) is 5.41 Å². The first-order chi connectivity index (χ1) is 16.0. The molecule has 3 aromatic heterocycles. The lowest BCUT2D eigenvalue weighted by Gasteiger charge is -2.17. The van der Waals surface area contributed by atoms with Crippen molar-refractivity contribution in [1.82, 2.24) is 29.7 Å². The van der Waals surface area contributed by atoms with Crippen molar-refractivity contribution < 1.29 is 9.47 Å². The standard InChI is InChI=1S/C22H22N8O3/c1-32-17-11-15(12-18(27-17)33-2)16(10-13-4-6-14(7-5-13)19(23)24)20-28-22(31)30(29-20)21-25-8-3-9-26-21/h3-9,11-12,16H,10H2,1-2H3,(H3,23,24)(H,28,29,31). The van der Waals surface area contributed by atoms with Crippen molar-refractivity contribution in [2.75, 3.05) is 14.2 Å². The number of benzene rings is 1. The second-order valence-corrected chi connectivity index (χ2v) is 7.13. The molecular weight excluding hydrogens is 424 g/mol. The molecule has 0 saturated carbocycles. The zero-order chi connectivity index (χ0) is 23.4. The molecular formula is C22H22N8O3. The summed E-state index contributed by atoms with van der Waals surface area (Å²) in [6.07, 6.45) is 3.56. The molecule has 0 saturated heterocycles. The van der Waals surface area contributed by atoms with E-state index in [4.69, 9.17) is 20.6 Å². The van der Waals surface area contributed by atoms with Crippen LogP contribution in [0, 0.1) is 5.41 Å². The number of aromatic nitrogens is 6. The van der Waals surface area contributed by atoms with Gasteiger partial charge in [0.15, 0.2) is 0 Å². The first-order valence-corrected chi connectivity index (χ1v) is 9.98. The van der Waals surface area contributed by atoms with Crippen LogP contribution in [0.15, 0.2) is 59.7 Å². The smallest absolute Gasteiger partial charge is 0.350 e. The minimum atomic E-state index is -0.457. The molecule has 4 rings (SSSR count). The van der Waals surface area contributed by atoms with Crippen molar-refractivity contribution in [3.05, 3.63) is 87.9 Å². The Labute approximate surface area is 188 Å². The normalized spacial score (nSPS) is 11.7. The third kappa shape index (κ3) is 4.71. The number of amidine groups is 1. The van der Waals surface area contributed by atoms with Gasteiger partial charge in [0, 0.05) is 36.0 Å². The number of H-pyrrole nitrogens is 1. The number of pyridine rings is 1. The zero-order valence-electron chi connectivity index (χ0n) is 18.0. The third-order valence-electron chi connectivity index (χ3n) is 5.03. The molecule has 3 heterocycles. The van der Waals surface area contributed by atoms with Gasteiger partial charge in [-0.1, -0.05) is 24.3 Å². The number of nitrogen functional groups attached to an aromatic ring is 1. The van der Waals surface area contributed by atoms with Gasteiger partial charge in [-0.2, -0.15) is 4.98 Å². The monoisotopic (exact) mass is 446 g/mol. The van der Waals surface area contributed by atoms with Gasteiger partial charge in [0.1, 0.15) is 11.7 Å². The summed E-state index contributed by atoms with van der Waals surface area (Å²) in [6, 6.07) is 12.5. The summed E-state index contributed by atoms with van der Waals surface area (Å²) in [6.45, 7) is 0. The fraction of sp³-hybridized carbons (Fsp3) is 0.182. The van der Waals surface area contributed by atoms with E-state index in [1.54, 1.807) is 30.3 Å². The number of nitrogens with two attached hydrogens (primary N) is 1. The molecule has 0 aliphatic carbocycles. The van der Waals surface area contributed by atoms with Gasteiger partial charge in [-0.25, -0.2) is 14.8 Å². The first-order valence-electron chi connectivity index (χ1n) is 9.98. The molecule has 33 heavy (non-hydrogen) atoms. The molecule has 4 N–H and O–H groups in total. The summed E-state index contributed by atoms with van der Waals surface area (Å²) in [5.41, 5.74) is 7.47. The molecule has 11 nitrogen and oxygen atoms in total. The lowest BCUT2D eigenvalue weighted by Crippen LogP contribution is -2.18. The average Bonchev–Trinajstić information content (AvgIpc) is 3.24. The Morgan fingerprint density at radius 2 is 1.76 bits per heavy atom. The molecule has 0 amide bonds. The lowest BCUT2D eigenvalue weighted by atomic mass is 9.91. The highest BCUT2D eigenvalue weighted by atomic mass is 16.5.